The third-order valence-electron chi connectivity index (χ3n) is 1.15. The van der Waals surface area contributed by atoms with Crippen LogP contribution in [0.4, 0.5) is 0 Å². The van der Waals surface area contributed by atoms with E-state index in [1.807, 2.05) is 13.8 Å². The van der Waals surface area contributed by atoms with Gasteiger partial charge in [-0.3, -0.25) is 0 Å². The summed E-state index contributed by atoms with van der Waals surface area (Å²) in [6.07, 6.45) is 1.65. The summed E-state index contributed by atoms with van der Waals surface area (Å²) in [5.74, 6) is 0.699. The van der Waals surface area contributed by atoms with Gasteiger partial charge in [-0.2, -0.15) is 0 Å². The first-order chi connectivity index (χ1) is 5.00. The van der Waals surface area contributed by atoms with Gasteiger partial charge in [0.25, 0.3) is 0 Å². The molecule has 11 heavy (non-hydrogen) atoms. The van der Waals surface area contributed by atoms with E-state index in [0.29, 0.717) is 11.0 Å². The zero-order chi connectivity index (χ0) is 8.48. The SMILES string of the molecule is CC(C)(Br)c1nccc(Cl)n1. The fourth-order valence-corrected chi connectivity index (χ4v) is 0.951. The van der Waals surface area contributed by atoms with Crippen molar-refractivity contribution < 1.29 is 0 Å². The first-order valence-electron chi connectivity index (χ1n) is 3.18. The molecule has 0 bridgehead atoms. The number of aromatic nitrogens is 2. The van der Waals surface area contributed by atoms with E-state index in [4.69, 9.17) is 11.6 Å². The lowest BCUT2D eigenvalue weighted by Gasteiger charge is -2.13. The molecule has 1 heterocycles. The number of hydrogen-bond acceptors (Lipinski definition) is 2. The van der Waals surface area contributed by atoms with Crippen LogP contribution in [-0.4, -0.2) is 9.97 Å². The van der Waals surface area contributed by atoms with Crippen LogP contribution in [0.2, 0.25) is 5.15 Å². The van der Waals surface area contributed by atoms with Gasteiger partial charge < -0.3 is 0 Å². The smallest absolute Gasteiger partial charge is 0.146 e. The molecular weight excluding hydrogens is 227 g/mol. The number of hydrogen-bond donors (Lipinski definition) is 0. The van der Waals surface area contributed by atoms with Crippen LogP contribution in [0.25, 0.3) is 0 Å². The number of halogens is 2. The molecule has 0 aliphatic heterocycles. The van der Waals surface area contributed by atoms with E-state index in [0.717, 1.165) is 0 Å². The third kappa shape index (κ3) is 2.42. The molecule has 1 rings (SSSR count). The maximum atomic E-state index is 5.68. The van der Waals surface area contributed by atoms with Gasteiger partial charge in [0.15, 0.2) is 0 Å². The quantitative estimate of drug-likeness (QED) is 0.552. The van der Waals surface area contributed by atoms with Crippen LogP contribution in [-0.2, 0) is 4.32 Å². The minimum absolute atomic E-state index is 0.210. The van der Waals surface area contributed by atoms with Crippen molar-refractivity contribution in [1.82, 2.24) is 9.97 Å². The fourth-order valence-electron chi connectivity index (χ4n) is 0.623. The van der Waals surface area contributed by atoms with E-state index in [-0.39, 0.29) is 4.32 Å². The molecule has 1 aromatic rings. The predicted octanol–water partition coefficient (Wildman–Crippen LogP) is 2.76. The molecule has 0 unspecified atom stereocenters. The molecule has 0 aliphatic carbocycles. The van der Waals surface area contributed by atoms with Crippen molar-refractivity contribution in [2.45, 2.75) is 18.2 Å². The Kier molecular flexibility index (Phi) is 2.50. The topological polar surface area (TPSA) is 25.8 Å². The van der Waals surface area contributed by atoms with E-state index in [1.54, 1.807) is 12.3 Å². The molecule has 0 aromatic carbocycles. The monoisotopic (exact) mass is 234 g/mol. The highest BCUT2D eigenvalue weighted by molar-refractivity contribution is 9.09. The van der Waals surface area contributed by atoms with Crippen LogP contribution < -0.4 is 0 Å². The second-order valence-corrected chi connectivity index (χ2v) is 5.05. The summed E-state index contributed by atoms with van der Waals surface area (Å²) < 4.78 is -0.210. The Balaban J connectivity index is 3.06. The highest BCUT2D eigenvalue weighted by atomic mass is 79.9. The van der Waals surface area contributed by atoms with Gasteiger partial charge >= 0.3 is 0 Å². The molecule has 0 saturated heterocycles. The lowest BCUT2D eigenvalue weighted by molar-refractivity contribution is 0.724. The molecule has 0 fully saturated rings. The second-order valence-electron chi connectivity index (χ2n) is 2.68. The molecule has 1 aromatic heterocycles. The van der Waals surface area contributed by atoms with Crippen LogP contribution in [0.3, 0.4) is 0 Å². The first kappa shape index (κ1) is 8.94. The fraction of sp³-hybridized carbons (Fsp3) is 0.429. The Labute approximate surface area is 79.1 Å². The summed E-state index contributed by atoms with van der Waals surface area (Å²) in [6.45, 7) is 3.94. The summed E-state index contributed by atoms with van der Waals surface area (Å²) in [5, 5.41) is 0.475. The van der Waals surface area contributed by atoms with Gasteiger partial charge in [-0.25, -0.2) is 9.97 Å². The summed E-state index contributed by atoms with van der Waals surface area (Å²) in [6, 6.07) is 1.66. The van der Waals surface area contributed by atoms with Gasteiger partial charge in [0, 0.05) is 6.20 Å². The van der Waals surface area contributed by atoms with E-state index in [2.05, 4.69) is 25.9 Å². The molecule has 0 atom stereocenters. The number of rotatable bonds is 1. The molecular formula is C7H8BrClN2. The standard InChI is InChI=1S/C7H8BrClN2/c1-7(2,8)6-10-4-3-5(9)11-6/h3-4H,1-2H3. The molecule has 0 N–H and O–H groups in total. The lowest BCUT2D eigenvalue weighted by atomic mass is 10.2. The summed E-state index contributed by atoms with van der Waals surface area (Å²) in [7, 11) is 0. The third-order valence-corrected chi connectivity index (χ3v) is 1.72. The second kappa shape index (κ2) is 3.07. The number of nitrogens with zero attached hydrogens (tertiary/aromatic N) is 2. The van der Waals surface area contributed by atoms with Crippen LogP contribution >= 0.6 is 27.5 Å². The van der Waals surface area contributed by atoms with Crippen LogP contribution in [0, 0.1) is 0 Å². The van der Waals surface area contributed by atoms with Gasteiger partial charge in [0.05, 0.1) is 4.32 Å². The van der Waals surface area contributed by atoms with Crippen molar-refractivity contribution in [3.63, 3.8) is 0 Å². The summed E-state index contributed by atoms with van der Waals surface area (Å²) in [4.78, 5) is 8.12. The Morgan fingerprint density at radius 3 is 2.55 bits per heavy atom. The van der Waals surface area contributed by atoms with E-state index in [9.17, 15) is 0 Å². The van der Waals surface area contributed by atoms with Gasteiger partial charge in [-0.15, -0.1) is 0 Å². The summed E-state index contributed by atoms with van der Waals surface area (Å²) >= 11 is 9.12. The molecule has 4 heteroatoms. The van der Waals surface area contributed by atoms with Crippen molar-refractivity contribution in [3.05, 3.63) is 23.2 Å². The van der Waals surface area contributed by atoms with Crippen molar-refractivity contribution in [1.29, 1.82) is 0 Å². The highest BCUT2D eigenvalue weighted by Crippen LogP contribution is 2.26. The lowest BCUT2D eigenvalue weighted by Crippen LogP contribution is -2.11. The van der Waals surface area contributed by atoms with Gasteiger partial charge in [-0.05, 0) is 19.9 Å². The van der Waals surface area contributed by atoms with Crippen LogP contribution in [0.5, 0.6) is 0 Å². The molecule has 0 radical (unpaired) electrons. The van der Waals surface area contributed by atoms with Gasteiger partial charge in [0.2, 0.25) is 0 Å². The summed E-state index contributed by atoms with van der Waals surface area (Å²) in [5.41, 5.74) is 0. The maximum absolute atomic E-state index is 5.68. The van der Waals surface area contributed by atoms with Gasteiger partial charge in [-0.1, -0.05) is 27.5 Å². The Morgan fingerprint density at radius 2 is 2.18 bits per heavy atom. The van der Waals surface area contributed by atoms with E-state index < -0.39 is 0 Å². The zero-order valence-electron chi connectivity index (χ0n) is 6.31. The molecule has 0 amide bonds. The van der Waals surface area contributed by atoms with Crippen molar-refractivity contribution in [3.8, 4) is 0 Å². The van der Waals surface area contributed by atoms with Crippen molar-refractivity contribution in [2.75, 3.05) is 0 Å². The van der Waals surface area contributed by atoms with Crippen LogP contribution in [0.15, 0.2) is 12.3 Å². The number of alkyl halides is 1. The normalized spacial score (nSPS) is 11.6. The Bertz CT molecular complexity index is 257. The largest absolute Gasteiger partial charge is 0.240 e. The molecule has 0 spiro atoms. The average molecular weight is 236 g/mol. The van der Waals surface area contributed by atoms with Crippen LogP contribution in [0.1, 0.15) is 19.7 Å². The van der Waals surface area contributed by atoms with Crippen molar-refractivity contribution in [2.24, 2.45) is 0 Å². The predicted molar refractivity (Wildman–Crippen MR) is 49.0 cm³/mol. The molecule has 60 valence electrons. The van der Waals surface area contributed by atoms with E-state index >= 15 is 0 Å². The zero-order valence-corrected chi connectivity index (χ0v) is 8.65. The van der Waals surface area contributed by atoms with Crippen molar-refractivity contribution >= 4 is 27.5 Å². The average Bonchev–Trinajstić information content (AvgIpc) is 1.86. The maximum Gasteiger partial charge on any atom is 0.146 e. The molecule has 0 aliphatic rings. The Morgan fingerprint density at radius 1 is 1.55 bits per heavy atom. The molecule has 0 saturated carbocycles. The van der Waals surface area contributed by atoms with Gasteiger partial charge in [0.1, 0.15) is 11.0 Å². The minimum Gasteiger partial charge on any atom is -0.240 e. The minimum atomic E-state index is -0.210. The van der Waals surface area contributed by atoms with E-state index in [1.165, 1.54) is 0 Å². The molecule has 2 nitrogen and oxygen atoms in total. The highest BCUT2D eigenvalue weighted by Gasteiger charge is 2.19. The first-order valence-corrected chi connectivity index (χ1v) is 4.35. The Hall–Kier alpha value is -0.150.